The molecule has 0 radical (unpaired) electrons. The van der Waals surface area contributed by atoms with Crippen molar-refractivity contribution < 1.29 is 27.1 Å². The number of piperidine rings is 1. The first-order valence-corrected chi connectivity index (χ1v) is 11.3. The summed E-state index contributed by atoms with van der Waals surface area (Å²) in [4.78, 5) is 15.0. The monoisotopic (exact) mass is 435 g/mol. The minimum Gasteiger partial charge on any atom is -0.497 e. The number of sulfone groups is 1. The smallest absolute Gasteiger partial charge is 0.327 e. The average Bonchev–Trinajstić information content (AvgIpc) is 2.76. The van der Waals surface area contributed by atoms with E-state index in [0.29, 0.717) is 25.4 Å². The molecule has 30 heavy (non-hydrogen) atoms. The summed E-state index contributed by atoms with van der Waals surface area (Å²) in [6.45, 7) is 3.15. The fraction of sp³-hybridized carbons (Fsp3) is 0.409. The minimum atomic E-state index is -3.98. The molecule has 3 rings (SSSR count). The van der Waals surface area contributed by atoms with E-state index >= 15 is 0 Å². The summed E-state index contributed by atoms with van der Waals surface area (Å²) in [6, 6.07) is 12.3. The maximum absolute atomic E-state index is 13.5. The Labute approximate surface area is 176 Å². The lowest BCUT2D eigenvalue weighted by Crippen LogP contribution is -2.54. The summed E-state index contributed by atoms with van der Waals surface area (Å²) in [5.74, 6) is -0.472. The Kier molecular flexibility index (Phi) is 6.77. The highest BCUT2D eigenvalue weighted by Gasteiger charge is 2.54. The number of nitrogens with zero attached hydrogens (tertiary/aromatic N) is 1. The van der Waals surface area contributed by atoms with E-state index in [0.717, 1.165) is 5.56 Å². The number of halogens is 1. The van der Waals surface area contributed by atoms with Crippen molar-refractivity contribution in [2.24, 2.45) is 0 Å². The molecule has 1 aliphatic rings. The first kappa shape index (κ1) is 22.2. The number of carbonyl (C=O) groups is 1. The SMILES string of the molecule is CCOC(=O)C1(S(=O)(=O)c2ccc(OC)cc2)CCN(Cc2ccc(F)cc2)CC1. The molecular weight excluding hydrogens is 409 g/mol. The van der Waals surface area contributed by atoms with Crippen molar-refractivity contribution in [2.75, 3.05) is 26.8 Å². The Morgan fingerprint density at radius 1 is 1.07 bits per heavy atom. The number of rotatable bonds is 7. The van der Waals surface area contributed by atoms with Crippen LogP contribution < -0.4 is 4.74 Å². The van der Waals surface area contributed by atoms with Gasteiger partial charge in [0.05, 0.1) is 18.6 Å². The quantitative estimate of drug-likeness (QED) is 0.622. The molecule has 1 heterocycles. The highest BCUT2D eigenvalue weighted by atomic mass is 32.2. The second-order valence-electron chi connectivity index (χ2n) is 7.30. The molecule has 8 heteroatoms. The second kappa shape index (κ2) is 9.14. The van der Waals surface area contributed by atoms with Crippen LogP contribution >= 0.6 is 0 Å². The Hall–Kier alpha value is -2.45. The third-order valence-corrected chi connectivity index (χ3v) is 8.01. The van der Waals surface area contributed by atoms with E-state index in [1.54, 1.807) is 31.2 Å². The van der Waals surface area contributed by atoms with Crippen LogP contribution in [0.25, 0.3) is 0 Å². The molecular formula is C22H26FNO5S. The lowest BCUT2D eigenvalue weighted by Gasteiger charge is -2.39. The molecule has 6 nitrogen and oxygen atoms in total. The van der Waals surface area contributed by atoms with E-state index in [9.17, 15) is 17.6 Å². The van der Waals surface area contributed by atoms with Gasteiger partial charge in [0, 0.05) is 19.6 Å². The number of hydrogen-bond donors (Lipinski definition) is 0. The van der Waals surface area contributed by atoms with E-state index < -0.39 is 20.6 Å². The molecule has 0 amide bonds. The van der Waals surface area contributed by atoms with E-state index in [1.165, 1.54) is 31.4 Å². The number of likely N-dealkylation sites (tertiary alicyclic amines) is 1. The van der Waals surface area contributed by atoms with Crippen LogP contribution in [0.3, 0.4) is 0 Å². The molecule has 0 atom stereocenters. The van der Waals surface area contributed by atoms with Gasteiger partial charge in [0.1, 0.15) is 11.6 Å². The normalized spacial score (nSPS) is 16.8. The lowest BCUT2D eigenvalue weighted by molar-refractivity contribution is -0.147. The predicted octanol–water partition coefficient (Wildman–Crippen LogP) is 3.21. The molecule has 0 bridgehead atoms. The third-order valence-electron chi connectivity index (χ3n) is 5.51. The summed E-state index contributed by atoms with van der Waals surface area (Å²) in [6.07, 6.45) is 0.253. The highest BCUT2D eigenvalue weighted by molar-refractivity contribution is 7.93. The summed E-state index contributed by atoms with van der Waals surface area (Å²) >= 11 is 0. The maximum Gasteiger partial charge on any atom is 0.327 e. The van der Waals surface area contributed by atoms with Crippen LogP contribution in [-0.4, -0.2) is 50.8 Å². The van der Waals surface area contributed by atoms with Crippen LogP contribution in [0.2, 0.25) is 0 Å². The molecule has 0 spiro atoms. The largest absolute Gasteiger partial charge is 0.497 e. The topological polar surface area (TPSA) is 72.9 Å². The zero-order chi connectivity index (χ0) is 21.8. The zero-order valence-electron chi connectivity index (χ0n) is 17.1. The van der Waals surface area contributed by atoms with Gasteiger partial charge < -0.3 is 9.47 Å². The summed E-state index contributed by atoms with van der Waals surface area (Å²) < 4.78 is 48.9. The fourth-order valence-electron chi connectivity index (χ4n) is 3.75. The van der Waals surface area contributed by atoms with Crippen LogP contribution in [-0.2, 0) is 25.9 Å². The number of hydrogen-bond acceptors (Lipinski definition) is 6. The number of ether oxygens (including phenoxy) is 2. The average molecular weight is 436 g/mol. The summed E-state index contributed by atoms with van der Waals surface area (Å²) in [7, 11) is -2.48. The van der Waals surface area contributed by atoms with E-state index in [1.807, 2.05) is 0 Å². The number of benzene rings is 2. The van der Waals surface area contributed by atoms with E-state index in [2.05, 4.69) is 4.90 Å². The molecule has 2 aromatic carbocycles. The lowest BCUT2D eigenvalue weighted by atomic mass is 9.95. The Morgan fingerprint density at radius 3 is 2.20 bits per heavy atom. The molecule has 1 saturated heterocycles. The molecule has 0 saturated carbocycles. The van der Waals surface area contributed by atoms with E-state index in [-0.39, 0.29) is 30.2 Å². The van der Waals surface area contributed by atoms with Crippen molar-refractivity contribution in [1.82, 2.24) is 4.90 Å². The molecule has 0 aliphatic carbocycles. The van der Waals surface area contributed by atoms with Gasteiger partial charge in [-0.05, 0) is 61.7 Å². The van der Waals surface area contributed by atoms with Crippen molar-refractivity contribution in [1.29, 1.82) is 0 Å². The molecule has 1 aliphatic heterocycles. The van der Waals surface area contributed by atoms with Gasteiger partial charge in [-0.25, -0.2) is 12.8 Å². The van der Waals surface area contributed by atoms with Crippen LogP contribution in [0.1, 0.15) is 25.3 Å². The second-order valence-corrected chi connectivity index (χ2v) is 9.56. The van der Waals surface area contributed by atoms with Crippen molar-refractivity contribution in [3.05, 3.63) is 59.9 Å². The number of methoxy groups -OCH3 is 1. The van der Waals surface area contributed by atoms with Gasteiger partial charge in [0.15, 0.2) is 14.6 Å². The highest BCUT2D eigenvalue weighted by Crippen LogP contribution is 2.37. The number of esters is 1. The van der Waals surface area contributed by atoms with Gasteiger partial charge >= 0.3 is 5.97 Å². The first-order chi connectivity index (χ1) is 14.3. The molecule has 162 valence electrons. The third kappa shape index (κ3) is 4.34. The van der Waals surface area contributed by atoms with Crippen LogP contribution in [0.4, 0.5) is 4.39 Å². The molecule has 2 aromatic rings. The standard InChI is InChI=1S/C22H26FNO5S/c1-3-29-21(25)22(30(26,27)20-10-8-19(28-2)9-11-20)12-14-24(15-13-22)16-17-4-6-18(23)7-5-17/h4-11H,3,12-16H2,1-2H3. The van der Waals surface area contributed by atoms with Crippen molar-refractivity contribution in [3.63, 3.8) is 0 Å². The van der Waals surface area contributed by atoms with E-state index in [4.69, 9.17) is 9.47 Å². The zero-order valence-corrected chi connectivity index (χ0v) is 18.0. The Bertz CT molecular complexity index is 966. The maximum atomic E-state index is 13.5. The van der Waals surface area contributed by atoms with Gasteiger partial charge in [-0.2, -0.15) is 0 Å². The van der Waals surface area contributed by atoms with Crippen molar-refractivity contribution >= 4 is 15.8 Å². The summed E-state index contributed by atoms with van der Waals surface area (Å²) in [5.41, 5.74) is 0.929. The van der Waals surface area contributed by atoms with Crippen molar-refractivity contribution in [2.45, 2.75) is 36.0 Å². The van der Waals surface area contributed by atoms with Gasteiger partial charge in [-0.3, -0.25) is 9.69 Å². The fourth-order valence-corrected chi connectivity index (χ4v) is 5.69. The molecule has 0 N–H and O–H groups in total. The van der Waals surface area contributed by atoms with Gasteiger partial charge in [0.2, 0.25) is 0 Å². The minimum absolute atomic E-state index is 0.0725. The predicted molar refractivity (Wildman–Crippen MR) is 110 cm³/mol. The first-order valence-electron chi connectivity index (χ1n) is 9.85. The number of carbonyl (C=O) groups excluding carboxylic acids is 1. The van der Waals surface area contributed by atoms with Gasteiger partial charge in [-0.1, -0.05) is 12.1 Å². The van der Waals surface area contributed by atoms with Crippen LogP contribution in [0, 0.1) is 5.82 Å². The van der Waals surface area contributed by atoms with Gasteiger partial charge in [-0.15, -0.1) is 0 Å². The van der Waals surface area contributed by atoms with Crippen LogP contribution in [0.5, 0.6) is 5.75 Å². The molecule has 0 aromatic heterocycles. The van der Waals surface area contributed by atoms with Crippen LogP contribution in [0.15, 0.2) is 53.4 Å². The Balaban J connectivity index is 1.84. The molecule has 0 unspecified atom stereocenters. The van der Waals surface area contributed by atoms with Crippen molar-refractivity contribution in [3.8, 4) is 5.75 Å². The molecule has 1 fully saturated rings. The van der Waals surface area contributed by atoms with Gasteiger partial charge in [0.25, 0.3) is 0 Å². The Morgan fingerprint density at radius 2 is 1.67 bits per heavy atom. The summed E-state index contributed by atoms with van der Waals surface area (Å²) in [5, 5.41) is 0.